The number of carbonyl (C=O) groups is 2. The second kappa shape index (κ2) is 5.78. The van der Waals surface area contributed by atoms with Crippen LogP contribution in [0.2, 0.25) is 0 Å². The molecule has 3 N–H and O–H groups in total. The van der Waals surface area contributed by atoms with Gasteiger partial charge >= 0.3 is 5.97 Å². The molecule has 0 aromatic carbocycles. The summed E-state index contributed by atoms with van der Waals surface area (Å²) in [6.45, 7) is 1.13. The van der Waals surface area contributed by atoms with Crippen LogP contribution in [0.25, 0.3) is 0 Å². The number of carboxylic acids is 1. The zero-order valence-corrected chi connectivity index (χ0v) is 11.2. The Morgan fingerprint density at radius 3 is 2.95 bits per heavy atom. The average Bonchev–Trinajstić information content (AvgIpc) is 3.19. The standard InChI is InChI=1S/C12H16N4O5/c17-10(14-8-5-20-4-6(8)12(18)19)9-15-11(21-16-9)7-2-1-3-13-7/h6-8,13H,1-5H2,(H,14,17)(H,18,19). The molecule has 0 spiro atoms. The van der Waals surface area contributed by atoms with Crippen LogP contribution in [-0.4, -0.2) is 52.9 Å². The number of nitrogens with one attached hydrogen (secondary N) is 2. The van der Waals surface area contributed by atoms with Crippen molar-refractivity contribution in [3.05, 3.63) is 11.7 Å². The van der Waals surface area contributed by atoms with E-state index in [4.69, 9.17) is 14.4 Å². The Hall–Kier alpha value is -2.00. The Bertz CT molecular complexity index is 540. The number of carboxylic acid groups (broad SMARTS) is 1. The minimum atomic E-state index is -0.998. The van der Waals surface area contributed by atoms with Gasteiger partial charge in [0.1, 0.15) is 5.92 Å². The van der Waals surface area contributed by atoms with Crippen molar-refractivity contribution in [2.75, 3.05) is 19.8 Å². The molecule has 3 unspecified atom stereocenters. The van der Waals surface area contributed by atoms with E-state index in [1.54, 1.807) is 0 Å². The van der Waals surface area contributed by atoms with E-state index >= 15 is 0 Å². The van der Waals surface area contributed by atoms with Gasteiger partial charge in [-0.15, -0.1) is 0 Å². The lowest BCUT2D eigenvalue weighted by Gasteiger charge is -2.13. The Kier molecular flexibility index (Phi) is 3.84. The van der Waals surface area contributed by atoms with Gasteiger partial charge in [-0.1, -0.05) is 5.16 Å². The van der Waals surface area contributed by atoms with E-state index in [9.17, 15) is 9.59 Å². The van der Waals surface area contributed by atoms with Gasteiger partial charge in [0.05, 0.1) is 25.3 Å². The van der Waals surface area contributed by atoms with Gasteiger partial charge in [-0.05, 0) is 19.4 Å². The fourth-order valence-electron chi connectivity index (χ4n) is 2.54. The van der Waals surface area contributed by atoms with E-state index in [-0.39, 0.29) is 25.1 Å². The van der Waals surface area contributed by atoms with Crippen LogP contribution in [0.5, 0.6) is 0 Å². The number of nitrogens with zero attached hydrogens (tertiary/aromatic N) is 2. The van der Waals surface area contributed by atoms with Crippen molar-refractivity contribution in [3.63, 3.8) is 0 Å². The van der Waals surface area contributed by atoms with Crippen molar-refractivity contribution in [1.29, 1.82) is 0 Å². The normalized spacial score (nSPS) is 28.7. The van der Waals surface area contributed by atoms with Gasteiger partial charge in [0.15, 0.2) is 0 Å². The summed E-state index contributed by atoms with van der Waals surface area (Å²) in [6, 6.07) is -0.595. The molecule has 1 amide bonds. The predicted molar refractivity (Wildman–Crippen MR) is 67.5 cm³/mol. The first-order chi connectivity index (χ1) is 10.1. The molecule has 114 valence electrons. The summed E-state index contributed by atoms with van der Waals surface area (Å²) in [4.78, 5) is 27.1. The molecule has 1 aromatic heterocycles. The van der Waals surface area contributed by atoms with E-state index in [1.165, 1.54) is 0 Å². The number of carbonyl (C=O) groups excluding carboxylic acids is 1. The highest BCUT2D eigenvalue weighted by atomic mass is 16.5. The molecule has 1 aromatic rings. The molecule has 2 fully saturated rings. The maximum Gasteiger partial charge on any atom is 0.311 e. The van der Waals surface area contributed by atoms with Crippen LogP contribution in [0.4, 0.5) is 0 Å². The first kappa shape index (κ1) is 14.0. The van der Waals surface area contributed by atoms with E-state index in [0.29, 0.717) is 5.89 Å². The topological polar surface area (TPSA) is 127 Å². The number of rotatable bonds is 4. The highest BCUT2D eigenvalue weighted by molar-refractivity contribution is 5.91. The van der Waals surface area contributed by atoms with Gasteiger partial charge in [-0.2, -0.15) is 4.98 Å². The lowest BCUT2D eigenvalue weighted by Crippen LogP contribution is -2.43. The molecule has 2 aliphatic rings. The molecule has 2 saturated heterocycles. The molecule has 3 atom stereocenters. The van der Waals surface area contributed by atoms with E-state index in [1.807, 2.05) is 0 Å². The third-order valence-electron chi connectivity index (χ3n) is 3.72. The SMILES string of the molecule is O=C(NC1COCC1C(=O)O)c1noc(C2CCCN2)n1. The predicted octanol–water partition coefficient (Wildman–Crippen LogP) is -0.676. The summed E-state index contributed by atoms with van der Waals surface area (Å²) in [5.41, 5.74) is 0. The molecule has 0 aliphatic carbocycles. The third-order valence-corrected chi connectivity index (χ3v) is 3.72. The minimum Gasteiger partial charge on any atom is -0.481 e. The van der Waals surface area contributed by atoms with Crippen molar-refractivity contribution < 1.29 is 24.0 Å². The lowest BCUT2D eigenvalue weighted by molar-refractivity contribution is -0.142. The maximum atomic E-state index is 12.0. The van der Waals surface area contributed by atoms with Gasteiger partial charge in [0, 0.05) is 0 Å². The molecule has 0 saturated carbocycles. The second-order valence-corrected chi connectivity index (χ2v) is 5.17. The Labute approximate surface area is 120 Å². The van der Waals surface area contributed by atoms with Gasteiger partial charge in [-0.25, -0.2) is 0 Å². The molecular weight excluding hydrogens is 280 g/mol. The van der Waals surface area contributed by atoms with Crippen LogP contribution in [0.3, 0.4) is 0 Å². The van der Waals surface area contributed by atoms with Crippen molar-refractivity contribution in [2.24, 2.45) is 5.92 Å². The number of hydrogen-bond acceptors (Lipinski definition) is 7. The highest BCUT2D eigenvalue weighted by Gasteiger charge is 2.36. The molecule has 3 heterocycles. The summed E-state index contributed by atoms with van der Waals surface area (Å²) >= 11 is 0. The molecule has 2 aliphatic heterocycles. The number of aliphatic carboxylic acids is 1. The minimum absolute atomic E-state index is 0.0133. The molecule has 9 heteroatoms. The van der Waals surface area contributed by atoms with Crippen molar-refractivity contribution in [1.82, 2.24) is 20.8 Å². The van der Waals surface area contributed by atoms with Crippen LogP contribution in [0.15, 0.2) is 4.52 Å². The number of aromatic nitrogens is 2. The number of amides is 1. The average molecular weight is 296 g/mol. The zero-order valence-electron chi connectivity index (χ0n) is 11.2. The van der Waals surface area contributed by atoms with E-state index < -0.39 is 23.8 Å². The summed E-state index contributed by atoms with van der Waals surface area (Å²) in [7, 11) is 0. The fraction of sp³-hybridized carbons (Fsp3) is 0.667. The molecule has 9 nitrogen and oxygen atoms in total. The van der Waals surface area contributed by atoms with Crippen LogP contribution in [0, 0.1) is 5.92 Å². The monoisotopic (exact) mass is 296 g/mol. The molecule has 21 heavy (non-hydrogen) atoms. The highest BCUT2D eigenvalue weighted by Crippen LogP contribution is 2.21. The van der Waals surface area contributed by atoms with Gasteiger partial charge in [0.2, 0.25) is 5.89 Å². The molecular formula is C12H16N4O5. The van der Waals surface area contributed by atoms with Crippen molar-refractivity contribution >= 4 is 11.9 Å². The quantitative estimate of drug-likeness (QED) is 0.667. The first-order valence-electron chi connectivity index (χ1n) is 6.83. The van der Waals surface area contributed by atoms with Crippen LogP contribution in [0.1, 0.15) is 35.4 Å². The fourth-order valence-corrected chi connectivity index (χ4v) is 2.54. The van der Waals surface area contributed by atoms with Gasteiger partial charge < -0.3 is 25.0 Å². The zero-order chi connectivity index (χ0) is 14.8. The second-order valence-electron chi connectivity index (χ2n) is 5.17. The van der Waals surface area contributed by atoms with E-state index in [2.05, 4.69) is 20.8 Å². The smallest absolute Gasteiger partial charge is 0.311 e. The summed E-state index contributed by atoms with van der Waals surface area (Å²) in [5, 5.41) is 18.4. The summed E-state index contributed by atoms with van der Waals surface area (Å²) < 4.78 is 10.2. The Morgan fingerprint density at radius 1 is 1.38 bits per heavy atom. The molecule has 3 rings (SSSR count). The van der Waals surface area contributed by atoms with Crippen LogP contribution in [-0.2, 0) is 9.53 Å². The summed E-state index contributed by atoms with van der Waals surface area (Å²) in [6.07, 6.45) is 1.91. The summed E-state index contributed by atoms with van der Waals surface area (Å²) in [5.74, 6) is -2.01. The lowest BCUT2D eigenvalue weighted by atomic mass is 10.0. The number of hydrogen-bond donors (Lipinski definition) is 3. The Morgan fingerprint density at radius 2 is 2.24 bits per heavy atom. The van der Waals surface area contributed by atoms with Gasteiger partial charge in [-0.3, -0.25) is 9.59 Å². The largest absolute Gasteiger partial charge is 0.481 e. The van der Waals surface area contributed by atoms with Crippen molar-refractivity contribution in [2.45, 2.75) is 24.9 Å². The van der Waals surface area contributed by atoms with Crippen LogP contribution >= 0.6 is 0 Å². The van der Waals surface area contributed by atoms with E-state index in [0.717, 1.165) is 19.4 Å². The molecule has 0 bridgehead atoms. The third kappa shape index (κ3) is 2.88. The van der Waals surface area contributed by atoms with Crippen molar-refractivity contribution in [3.8, 4) is 0 Å². The Balaban J connectivity index is 1.64. The molecule has 0 radical (unpaired) electrons. The maximum absolute atomic E-state index is 12.0. The van der Waals surface area contributed by atoms with Gasteiger partial charge in [0.25, 0.3) is 11.7 Å². The van der Waals surface area contributed by atoms with Crippen LogP contribution < -0.4 is 10.6 Å². The number of ether oxygens (including phenoxy) is 1. The first-order valence-corrected chi connectivity index (χ1v) is 6.83.